The molecule has 2 unspecified atom stereocenters. The van der Waals surface area contributed by atoms with E-state index in [-0.39, 0.29) is 25.6 Å². The summed E-state index contributed by atoms with van der Waals surface area (Å²) in [6.07, 6.45) is 95.9. The lowest BCUT2D eigenvalue weighted by Crippen LogP contribution is -2.37. The van der Waals surface area contributed by atoms with Gasteiger partial charge >= 0.3 is 19.8 Å². The Morgan fingerprint density at radius 1 is 0.337 bits per heavy atom. The molecule has 10 heteroatoms. The molecule has 0 aromatic heterocycles. The molecule has 9 nitrogen and oxygen atoms in total. The van der Waals surface area contributed by atoms with Crippen LogP contribution in [-0.4, -0.2) is 74.9 Å². The minimum Gasteiger partial charge on any atom is -0.462 e. The number of esters is 2. The lowest BCUT2D eigenvalue weighted by Gasteiger charge is -2.24. The predicted octanol–water partition coefficient (Wildman–Crippen LogP) is 27.0. The fourth-order valence-corrected chi connectivity index (χ4v) is 13.2. The van der Waals surface area contributed by atoms with E-state index in [1.165, 1.54) is 347 Å². The minimum absolute atomic E-state index is 0.0356. The van der Waals surface area contributed by atoms with Crippen LogP contribution in [0.15, 0.2) is 36.5 Å². The summed E-state index contributed by atoms with van der Waals surface area (Å²) in [4.78, 5) is 36.0. The van der Waals surface area contributed by atoms with Gasteiger partial charge in [-0.25, -0.2) is 4.57 Å². The Labute approximate surface area is 573 Å². The topological polar surface area (TPSA) is 108 Å². The maximum absolute atomic E-state index is 12.9. The second kappa shape index (κ2) is 73.5. The molecule has 544 valence electrons. The molecule has 0 heterocycles. The fraction of sp³-hybridized carbons (Fsp3) is 0.902. The van der Waals surface area contributed by atoms with Crippen molar-refractivity contribution < 1.29 is 42.1 Å². The fourth-order valence-electron chi connectivity index (χ4n) is 12.4. The molecule has 0 aromatic carbocycles. The summed E-state index contributed by atoms with van der Waals surface area (Å²) in [6.45, 7) is 4.51. The zero-order valence-corrected chi connectivity index (χ0v) is 63.2. The average Bonchev–Trinajstić information content (AvgIpc) is 2.34. The highest BCUT2D eigenvalue weighted by atomic mass is 31.2. The molecular weight excluding hydrogens is 1160 g/mol. The third kappa shape index (κ3) is 77.2. The quantitative estimate of drug-likeness (QED) is 0.0211. The van der Waals surface area contributed by atoms with Crippen molar-refractivity contribution in [2.45, 2.75) is 431 Å². The minimum atomic E-state index is -4.39. The number of rotatable bonds is 77. The maximum atomic E-state index is 12.9. The second-order valence-corrected chi connectivity index (χ2v) is 30.6. The first-order valence-electron chi connectivity index (χ1n) is 40.7. The third-order valence-electron chi connectivity index (χ3n) is 18.7. The molecule has 0 aromatic rings. The monoisotopic (exact) mass is 1320 g/mol. The molecule has 0 saturated carbocycles. The Balaban J connectivity index is 3.90. The van der Waals surface area contributed by atoms with Gasteiger partial charge in [0.15, 0.2) is 6.10 Å². The van der Waals surface area contributed by atoms with E-state index in [0.717, 1.165) is 44.9 Å². The second-order valence-electron chi connectivity index (χ2n) is 29.2. The van der Waals surface area contributed by atoms with Crippen molar-refractivity contribution in [1.82, 2.24) is 0 Å². The highest BCUT2D eigenvalue weighted by molar-refractivity contribution is 7.47. The Kier molecular flexibility index (Phi) is 72.1. The lowest BCUT2D eigenvalue weighted by molar-refractivity contribution is -0.870. The molecule has 0 rings (SSSR count). The van der Waals surface area contributed by atoms with Crippen molar-refractivity contribution in [2.75, 3.05) is 47.5 Å². The largest absolute Gasteiger partial charge is 0.472 e. The number of unbranched alkanes of at least 4 members (excludes halogenated alkanes) is 57. The van der Waals surface area contributed by atoms with Crippen LogP contribution >= 0.6 is 7.82 Å². The van der Waals surface area contributed by atoms with Gasteiger partial charge in [-0.3, -0.25) is 18.6 Å². The van der Waals surface area contributed by atoms with Crippen LogP contribution in [0.1, 0.15) is 425 Å². The third-order valence-corrected chi connectivity index (χ3v) is 19.7. The molecule has 0 aliphatic heterocycles. The number of allylic oxidation sites excluding steroid dienone is 6. The van der Waals surface area contributed by atoms with Gasteiger partial charge in [0.05, 0.1) is 27.7 Å². The van der Waals surface area contributed by atoms with Crippen LogP contribution in [-0.2, 0) is 32.7 Å². The van der Waals surface area contributed by atoms with E-state index in [4.69, 9.17) is 18.5 Å². The Hall–Kier alpha value is -1.77. The van der Waals surface area contributed by atoms with Crippen LogP contribution in [0.4, 0.5) is 0 Å². The number of carbonyl (C=O) groups excluding carboxylic acids is 2. The van der Waals surface area contributed by atoms with Gasteiger partial charge in [-0.1, -0.05) is 397 Å². The number of hydrogen-bond acceptors (Lipinski definition) is 7. The summed E-state index contributed by atoms with van der Waals surface area (Å²) >= 11 is 0. The molecule has 2 atom stereocenters. The molecule has 0 radical (unpaired) electrons. The SMILES string of the molecule is CCCCCCC/C=C\C/C=C\C/C=C\CCCCCCCCCCCCCCCCCCCCCCCCC(=O)OC(COC(=O)CCCCCCCCCCCCCCCCCCCCCCCCCCCCCCCCC)COP(=O)(O)OCC[N+](C)(C)C. The number of likely N-dealkylation sites (N-methyl/N-ethyl adjacent to an activating group) is 1. The molecule has 0 aliphatic rings. The lowest BCUT2D eigenvalue weighted by atomic mass is 10.0. The first-order valence-corrected chi connectivity index (χ1v) is 42.2. The summed E-state index contributed by atoms with van der Waals surface area (Å²) in [5, 5.41) is 0. The number of carbonyl (C=O) groups is 2. The summed E-state index contributed by atoms with van der Waals surface area (Å²) < 4.78 is 34.8. The number of nitrogens with zero attached hydrogens (tertiary/aromatic N) is 1. The summed E-state index contributed by atoms with van der Waals surface area (Å²) in [7, 11) is 1.50. The molecule has 0 fully saturated rings. The van der Waals surface area contributed by atoms with Crippen molar-refractivity contribution in [1.29, 1.82) is 0 Å². The molecule has 92 heavy (non-hydrogen) atoms. The van der Waals surface area contributed by atoms with Gasteiger partial charge < -0.3 is 18.9 Å². The highest BCUT2D eigenvalue weighted by Gasteiger charge is 2.27. The molecular formula is C82H159NO8P+. The van der Waals surface area contributed by atoms with E-state index in [1.807, 2.05) is 21.1 Å². The van der Waals surface area contributed by atoms with Crippen molar-refractivity contribution in [3.63, 3.8) is 0 Å². The van der Waals surface area contributed by atoms with Gasteiger partial charge in [-0.2, -0.15) is 0 Å². The van der Waals surface area contributed by atoms with E-state index >= 15 is 0 Å². The Morgan fingerprint density at radius 3 is 0.870 bits per heavy atom. The van der Waals surface area contributed by atoms with Gasteiger partial charge in [-0.15, -0.1) is 0 Å². The first kappa shape index (κ1) is 90.2. The number of ether oxygens (including phenoxy) is 2. The molecule has 1 N–H and O–H groups in total. The van der Waals surface area contributed by atoms with E-state index in [2.05, 4.69) is 50.3 Å². The number of hydrogen-bond donors (Lipinski definition) is 1. The van der Waals surface area contributed by atoms with Crippen LogP contribution in [0.3, 0.4) is 0 Å². The van der Waals surface area contributed by atoms with Crippen molar-refractivity contribution >= 4 is 19.8 Å². The first-order chi connectivity index (χ1) is 45.0. The number of phosphoric acid groups is 1. The van der Waals surface area contributed by atoms with Crippen molar-refractivity contribution in [2.24, 2.45) is 0 Å². The van der Waals surface area contributed by atoms with Gasteiger partial charge in [0.25, 0.3) is 0 Å². The number of quaternary nitrogens is 1. The summed E-state index contributed by atoms with van der Waals surface area (Å²) in [5.74, 6) is -0.769. The van der Waals surface area contributed by atoms with Gasteiger partial charge in [0, 0.05) is 12.8 Å². The van der Waals surface area contributed by atoms with Crippen LogP contribution in [0.2, 0.25) is 0 Å². The van der Waals surface area contributed by atoms with E-state index in [1.54, 1.807) is 0 Å². The van der Waals surface area contributed by atoms with Crippen molar-refractivity contribution in [3.8, 4) is 0 Å². The van der Waals surface area contributed by atoms with Crippen LogP contribution in [0.25, 0.3) is 0 Å². The van der Waals surface area contributed by atoms with E-state index in [9.17, 15) is 19.0 Å². The maximum Gasteiger partial charge on any atom is 0.472 e. The Morgan fingerprint density at radius 2 is 0.587 bits per heavy atom. The molecule has 0 amide bonds. The van der Waals surface area contributed by atoms with Gasteiger partial charge in [0.1, 0.15) is 19.8 Å². The van der Waals surface area contributed by atoms with E-state index in [0.29, 0.717) is 23.9 Å². The summed E-state index contributed by atoms with van der Waals surface area (Å²) in [5.41, 5.74) is 0. The molecule has 0 saturated heterocycles. The normalized spacial score (nSPS) is 13.2. The molecule has 0 aliphatic carbocycles. The average molecular weight is 1320 g/mol. The standard InChI is InChI=1S/C82H158NO8P/c1-6-8-10-12-14-16-18-20-22-24-26-28-30-32-34-36-38-39-40-41-42-43-45-47-49-51-53-55-57-59-61-63-65-67-69-71-73-75-82(85)91-80(79-90-92(86,87)89-77-76-83(3,4)5)78-88-81(84)74-72-70-68-66-64-62-60-58-56-54-52-50-48-46-44-37-35-33-31-29-27-25-23-21-19-17-15-13-11-9-7-2/h18,20,24,26,30,32,80H,6-17,19,21-23,25,27-29,31,33-79H2,1-5H3/p+1/b20-18-,26-24-,32-30-. The van der Waals surface area contributed by atoms with Crippen molar-refractivity contribution in [3.05, 3.63) is 36.5 Å². The zero-order valence-electron chi connectivity index (χ0n) is 62.3. The molecule has 0 bridgehead atoms. The smallest absolute Gasteiger partial charge is 0.462 e. The van der Waals surface area contributed by atoms with Crippen LogP contribution < -0.4 is 0 Å². The van der Waals surface area contributed by atoms with Gasteiger partial charge in [-0.05, 0) is 51.4 Å². The van der Waals surface area contributed by atoms with Crippen LogP contribution in [0, 0.1) is 0 Å². The number of phosphoric ester groups is 1. The predicted molar refractivity (Wildman–Crippen MR) is 400 cm³/mol. The molecule has 0 spiro atoms. The van der Waals surface area contributed by atoms with Gasteiger partial charge in [0.2, 0.25) is 0 Å². The van der Waals surface area contributed by atoms with E-state index < -0.39 is 26.5 Å². The summed E-state index contributed by atoms with van der Waals surface area (Å²) in [6, 6.07) is 0. The van der Waals surface area contributed by atoms with Crippen LogP contribution in [0.5, 0.6) is 0 Å². The zero-order chi connectivity index (χ0) is 66.9. The highest BCUT2D eigenvalue weighted by Crippen LogP contribution is 2.43. The Bertz CT molecular complexity index is 1640.